The number of imide groups is 1. The standard InChI is InChI=1S/C18H14N2O5/c1-11(21)19-16-5-3-2-4-14(16)15(18(19)23)10-17(22)12-6-8-13(9-7-12)20(24)25/h2-10,20,24H,1H3/b15-10-. The van der Waals surface area contributed by atoms with Crippen LogP contribution in [0.3, 0.4) is 0 Å². The Hall–Kier alpha value is -3.13. The summed E-state index contributed by atoms with van der Waals surface area (Å²) < 4.78 is 0. The Morgan fingerprint density at radius 3 is 2.36 bits per heavy atom. The number of fused-ring (bicyclic) bond motifs is 1. The molecule has 25 heavy (non-hydrogen) atoms. The molecule has 1 unspecified atom stereocenters. The number of allylic oxidation sites excluding steroid dienone is 1. The van der Waals surface area contributed by atoms with Crippen LogP contribution in [0.25, 0.3) is 5.57 Å². The monoisotopic (exact) mass is 338 g/mol. The average molecular weight is 338 g/mol. The minimum Gasteiger partial charge on any atom is -0.595 e. The summed E-state index contributed by atoms with van der Waals surface area (Å²) in [7, 11) is 0. The Kier molecular flexibility index (Phi) is 4.28. The van der Waals surface area contributed by atoms with Gasteiger partial charge in [0.2, 0.25) is 5.91 Å². The van der Waals surface area contributed by atoms with Crippen LogP contribution < -0.4 is 10.1 Å². The minimum atomic E-state index is -1.09. The summed E-state index contributed by atoms with van der Waals surface area (Å²) in [5.41, 5.74) is 1.41. The molecule has 126 valence electrons. The fraction of sp³-hybridized carbons (Fsp3) is 0.0556. The lowest BCUT2D eigenvalue weighted by Crippen LogP contribution is -2.99. The van der Waals surface area contributed by atoms with Crippen molar-refractivity contribution in [3.63, 3.8) is 0 Å². The number of hydrogen-bond acceptors (Lipinski definition) is 5. The van der Waals surface area contributed by atoms with Gasteiger partial charge in [0.25, 0.3) is 5.91 Å². The van der Waals surface area contributed by atoms with Crippen LogP contribution in [-0.4, -0.2) is 22.8 Å². The largest absolute Gasteiger partial charge is 0.595 e. The first-order valence-electron chi connectivity index (χ1n) is 7.44. The number of carbonyl (C=O) groups excluding carboxylic acids is 3. The van der Waals surface area contributed by atoms with Crippen molar-refractivity contribution in [2.75, 3.05) is 4.90 Å². The van der Waals surface area contributed by atoms with E-state index in [1.165, 1.54) is 37.3 Å². The van der Waals surface area contributed by atoms with E-state index in [1.807, 2.05) is 0 Å². The van der Waals surface area contributed by atoms with E-state index in [2.05, 4.69) is 0 Å². The van der Waals surface area contributed by atoms with Gasteiger partial charge in [-0.3, -0.25) is 14.4 Å². The second kappa shape index (κ2) is 6.40. The van der Waals surface area contributed by atoms with Crippen molar-refractivity contribution in [3.8, 4) is 0 Å². The predicted molar refractivity (Wildman–Crippen MR) is 89.1 cm³/mol. The van der Waals surface area contributed by atoms with Gasteiger partial charge in [-0.25, -0.2) is 10.1 Å². The van der Waals surface area contributed by atoms with Gasteiger partial charge >= 0.3 is 0 Å². The van der Waals surface area contributed by atoms with Crippen LogP contribution >= 0.6 is 0 Å². The average Bonchev–Trinajstić information content (AvgIpc) is 2.87. The van der Waals surface area contributed by atoms with Gasteiger partial charge in [0.05, 0.1) is 11.3 Å². The number of benzene rings is 2. The molecule has 1 aliphatic rings. The quantitative estimate of drug-likeness (QED) is 0.498. The molecule has 0 aromatic heterocycles. The minimum absolute atomic E-state index is 0.0641. The SMILES string of the molecule is CC(=O)N1C(=O)/C(=C\C(=O)c2ccc([NH+]([O-])O)cc2)c2ccccc21. The molecule has 2 aromatic carbocycles. The second-order valence-electron chi connectivity index (χ2n) is 5.48. The van der Waals surface area contributed by atoms with Crippen LogP contribution in [0.4, 0.5) is 11.4 Å². The van der Waals surface area contributed by atoms with Gasteiger partial charge in [0.1, 0.15) is 0 Å². The molecule has 7 heteroatoms. The van der Waals surface area contributed by atoms with Gasteiger partial charge in [-0.15, -0.1) is 0 Å². The molecule has 2 amide bonds. The first kappa shape index (κ1) is 16.7. The van der Waals surface area contributed by atoms with Gasteiger partial charge in [0.15, 0.2) is 11.5 Å². The summed E-state index contributed by atoms with van der Waals surface area (Å²) in [6, 6.07) is 12.1. The number of para-hydroxylation sites is 1. The summed E-state index contributed by atoms with van der Waals surface area (Å²) in [6.07, 6.45) is 1.18. The van der Waals surface area contributed by atoms with Crippen LogP contribution in [0.1, 0.15) is 22.8 Å². The molecule has 0 fully saturated rings. The number of hydrogen-bond donors (Lipinski definition) is 2. The lowest BCUT2D eigenvalue weighted by molar-refractivity contribution is -0.991. The highest BCUT2D eigenvalue weighted by atomic mass is 16.8. The number of amides is 2. The summed E-state index contributed by atoms with van der Waals surface area (Å²) in [6.45, 7) is 1.28. The molecule has 1 heterocycles. The molecule has 0 spiro atoms. The van der Waals surface area contributed by atoms with Crippen molar-refractivity contribution < 1.29 is 24.8 Å². The molecule has 2 aromatic rings. The number of anilines is 1. The summed E-state index contributed by atoms with van der Waals surface area (Å²) in [5, 5.41) is 18.7. The topological polar surface area (TPSA) is 102 Å². The van der Waals surface area contributed by atoms with Crippen molar-refractivity contribution in [3.05, 3.63) is 70.9 Å². The number of nitrogens with one attached hydrogen (secondary N) is 1. The van der Waals surface area contributed by atoms with Gasteiger partial charge in [-0.2, -0.15) is 5.23 Å². The Bertz CT molecular complexity index is 900. The molecular formula is C18H14N2O5. The van der Waals surface area contributed by atoms with E-state index in [4.69, 9.17) is 5.21 Å². The van der Waals surface area contributed by atoms with Crippen molar-refractivity contribution >= 4 is 34.5 Å². The highest BCUT2D eigenvalue weighted by Crippen LogP contribution is 2.36. The van der Waals surface area contributed by atoms with Gasteiger partial charge < -0.3 is 5.21 Å². The Morgan fingerprint density at radius 1 is 1.12 bits per heavy atom. The molecule has 1 atom stereocenters. The Balaban J connectivity index is 1.99. The first-order valence-corrected chi connectivity index (χ1v) is 7.44. The fourth-order valence-electron chi connectivity index (χ4n) is 2.69. The summed E-state index contributed by atoms with van der Waals surface area (Å²) >= 11 is 0. The molecule has 0 saturated heterocycles. The number of quaternary nitrogens is 1. The number of ketones is 1. The molecule has 2 N–H and O–H groups in total. The van der Waals surface area contributed by atoms with Gasteiger partial charge in [-0.05, 0) is 24.3 Å². The van der Waals surface area contributed by atoms with Crippen LogP contribution in [0.2, 0.25) is 0 Å². The lowest BCUT2D eigenvalue weighted by atomic mass is 10.0. The van der Waals surface area contributed by atoms with Gasteiger partial charge in [-0.1, -0.05) is 18.2 Å². The van der Waals surface area contributed by atoms with Gasteiger partial charge in [0, 0.05) is 30.2 Å². The number of nitrogens with zero attached hydrogens (tertiary/aromatic N) is 1. The maximum atomic E-state index is 12.5. The third-order valence-corrected chi connectivity index (χ3v) is 3.88. The van der Waals surface area contributed by atoms with E-state index in [1.54, 1.807) is 24.3 Å². The van der Waals surface area contributed by atoms with E-state index in [0.29, 0.717) is 11.3 Å². The molecular weight excluding hydrogens is 324 g/mol. The number of rotatable bonds is 3. The predicted octanol–water partition coefficient (Wildman–Crippen LogP) is 1.25. The first-order chi connectivity index (χ1) is 11.9. The van der Waals surface area contributed by atoms with E-state index in [0.717, 1.165) is 4.90 Å². The van der Waals surface area contributed by atoms with E-state index < -0.39 is 22.8 Å². The van der Waals surface area contributed by atoms with Crippen LogP contribution in [-0.2, 0) is 9.59 Å². The van der Waals surface area contributed by atoms with Crippen molar-refractivity contribution in [1.29, 1.82) is 0 Å². The third-order valence-electron chi connectivity index (χ3n) is 3.88. The fourth-order valence-corrected chi connectivity index (χ4v) is 2.69. The lowest BCUT2D eigenvalue weighted by Gasteiger charge is -2.11. The Morgan fingerprint density at radius 2 is 1.76 bits per heavy atom. The van der Waals surface area contributed by atoms with Crippen LogP contribution in [0.15, 0.2) is 54.6 Å². The van der Waals surface area contributed by atoms with Crippen molar-refractivity contribution in [2.24, 2.45) is 0 Å². The molecule has 7 nitrogen and oxygen atoms in total. The zero-order valence-electron chi connectivity index (χ0n) is 13.2. The maximum absolute atomic E-state index is 12.5. The smallest absolute Gasteiger partial charge is 0.265 e. The van der Waals surface area contributed by atoms with Crippen LogP contribution in [0, 0.1) is 5.21 Å². The summed E-state index contributed by atoms with van der Waals surface area (Å²) in [5.74, 6) is -1.43. The van der Waals surface area contributed by atoms with Crippen molar-refractivity contribution in [2.45, 2.75) is 6.92 Å². The highest BCUT2D eigenvalue weighted by Gasteiger charge is 2.35. The van der Waals surface area contributed by atoms with Crippen LogP contribution in [0.5, 0.6) is 0 Å². The normalized spacial score (nSPS) is 16.0. The second-order valence-corrected chi connectivity index (χ2v) is 5.48. The molecule has 3 rings (SSSR count). The van der Waals surface area contributed by atoms with E-state index >= 15 is 0 Å². The highest BCUT2D eigenvalue weighted by molar-refractivity contribution is 6.41. The number of carbonyl (C=O) groups is 3. The Labute approximate surface area is 142 Å². The zero-order valence-corrected chi connectivity index (χ0v) is 13.2. The molecule has 0 aliphatic carbocycles. The van der Waals surface area contributed by atoms with E-state index in [-0.39, 0.29) is 16.8 Å². The van der Waals surface area contributed by atoms with E-state index in [9.17, 15) is 19.6 Å². The molecule has 0 radical (unpaired) electrons. The molecule has 0 bridgehead atoms. The molecule has 1 aliphatic heterocycles. The molecule has 0 saturated carbocycles. The maximum Gasteiger partial charge on any atom is 0.265 e. The zero-order chi connectivity index (χ0) is 18.1. The summed E-state index contributed by atoms with van der Waals surface area (Å²) in [4.78, 5) is 37.7. The third kappa shape index (κ3) is 2.99. The van der Waals surface area contributed by atoms with Crippen molar-refractivity contribution in [1.82, 2.24) is 0 Å².